The highest BCUT2D eigenvalue weighted by Crippen LogP contribution is 2.37. The summed E-state index contributed by atoms with van der Waals surface area (Å²) in [5.41, 5.74) is -0.838. The van der Waals surface area contributed by atoms with E-state index in [0.717, 1.165) is 43.0 Å². The number of halogens is 3. The molecule has 0 bridgehead atoms. The Hall–Kier alpha value is -1.90. The Morgan fingerprint density at radius 1 is 1.16 bits per heavy atom. The van der Waals surface area contributed by atoms with Crippen molar-refractivity contribution >= 4 is 22.5 Å². The Morgan fingerprint density at radius 3 is 2.68 bits per heavy atom. The lowest BCUT2D eigenvalue weighted by molar-refractivity contribution is -0.141. The van der Waals surface area contributed by atoms with E-state index < -0.39 is 11.9 Å². The largest absolute Gasteiger partial charge is 0.433 e. The van der Waals surface area contributed by atoms with Crippen LogP contribution in [-0.2, 0) is 6.18 Å². The van der Waals surface area contributed by atoms with Crippen LogP contribution < -0.4 is 9.80 Å². The number of aromatic nitrogens is 3. The number of nitrogens with zero attached hydrogens (tertiary/aromatic N) is 5. The number of piperidine rings is 1. The van der Waals surface area contributed by atoms with E-state index in [2.05, 4.69) is 19.2 Å². The molecular weight excluding hydrogens is 351 g/mol. The fourth-order valence-electron chi connectivity index (χ4n) is 3.75. The summed E-state index contributed by atoms with van der Waals surface area (Å²) in [5, 5.41) is 0.906. The van der Waals surface area contributed by atoms with Crippen molar-refractivity contribution in [2.45, 2.75) is 32.0 Å². The Labute approximate surface area is 147 Å². The first kappa shape index (κ1) is 16.6. The molecule has 25 heavy (non-hydrogen) atoms. The van der Waals surface area contributed by atoms with E-state index in [9.17, 15) is 13.2 Å². The van der Waals surface area contributed by atoms with Gasteiger partial charge in [0.2, 0.25) is 5.13 Å². The lowest BCUT2D eigenvalue weighted by Crippen LogP contribution is -2.48. The maximum absolute atomic E-state index is 12.9. The molecule has 0 aliphatic carbocycles. The number of alkyl halides is 3. The van der Waals surface area contributed by atoms with Crippen LogP contribution in [0.2, 0.25) is 0 Å². The molecule has 4 heterocycles. The van der Waals surface area contributed by atoms with Crippen molar-refractivity contribution < 1.29 is 13.2 Å². The maximum Gasteiger partial charge on any atom is 0.433 e. The number of pyridine rings is 1. The van der Waals surface area contributed by atoms with Crippen molar-refractivity contribution in [2.75, 3.05) is 29.4 Å². The van der Waals surface area contributed by atoms with E-state index in [4.69, 9.17) is 0 Å². The zero-order valence-electron chi connectivity index (χ0n) is 13.7. The highest BCUT2D eigenvalue weighted by molar-refractivity contribution is 7.09. The lowest BCUT2D eigenvalue weighted by atomic mass is 9.92. The molecule has 2 unspecified atom stereocenters. The van der Waals surface area contributed by atoms with Crippen LogP contribution in [-0.4, -0.2) is 40.0 Å². The van der Waals surface area contributed by atoms with E-state index in [1.165, 1.54) is 17.6 Å². The minimum absolute atomic E-state index is 0.248. The van der Waals surface area contributed by atoms with Crippen molar-refractivity contribution in [3.05, 3.63) is 29.7 Å². The smallest absolute Gasteiger partial charge is 0.355 e. The number of aryl methyl sites for hydroxylation is 1. The maximum atomic E-state index is 12.9. The molecule has 2 fully saturated rings. The molecule has 0 N–H and O–H groups in total. The summed E-state index contributed by atoms with van der Waals surface area (Å²) in [6.07, 6.45) is -2.37. The van der Waals surface area contributed by atoms with Gasteiger partial charge in [0.15, 0.2) is 0 Å². The Bertz CT molecular complexity index is 762. The van der Waals surface area contributed by atoms with Gasteiger partial charge in [-0.25, -0.2) is 9.97 Å². The summed E-state index contributed by atoms with van der Waals surface area (Å²) in [6.45, 7) is 4.19. The molecule has 2 aromatic heterocycles. The predicted octanol–water partition coefficient (Wildman–Crippen LogP) is 3.37. The van der Waals surface area contributed by atoms with Gasteiger partial charge in [-0.2, -0.15) is 17.5 Å². The first-order chi connectivity index (χ1) is 11.9. The number of hydrogen-bond acceptors (Lipinski definition) is 6. The highest BCUT2D eigenvalue weighted by atomic mass is 32.1. The van der Waals surface area contributed by atoms with Gasteiger partial charge in [-0.15, -0.1) is 0 Å². The zero-order chi connectivity index (χ0) is 17.6. The third kappa shape index (κ3) is 3.17. The number of hydrogen-bond donors (Lipinski definition) is 0. The van der Waals surface area contributed by atoms with E-state index in [0.29, 0.717) is 18.3 Å². The van der Waals surface area contributed by atoms with E-state index in [1.54, 1.807) is 6.07 Å². The molecule has 0 spiro atoms. The SMILES string of the molecule is Cc1nsc(N2CCC3CCN(c4cccc(C(F)(F)F)n4)CC32)n1. The van der Waals surface area contributed by atoms with E-state index in [-0.39, 0.29) is 6.04 Å². The summed E-state index contributed by atoms with van der Waals surface area (Å²) in [7, 11) is 0. The third-order valence-electron chi connectivity index (χ3n) is 4.97. The van der Waals surface area contributed by atoms with E-state index >= 15 is 0 Å². The standard InChI is InChI=1S/C16H18F3N5S/c1-10-20-15(25-22-10)24-8-6-11-5-7-23(9-12(11)24)14-4-2-3-13(21-14)16(17,18)19/h2-4,11-12H,5-9H2,1H3. The van der Waals surface area contributed by atoms with Crippen LogP contribution in [0.5, 0.6) is 0 Å². The van der Waals surface area contributed by atoms with Crippen LogP contribution in [0.3, 0.4) is 0 Å². The minimum Gasteiger partial charge on any atom is -0.355 e. The first-order valence-corrected chi connectivity index (χ1v) is 9.05. The van der Waals surface area contributed by atoms with Crippen molar-refractivity contribution in [1.29, 1.82) is 0 Å². The van der Waals surface area contributed by atoms with Gasteiger partial charge < -0.3 is 9.80 Å². The molecule has 2 atom stereocenters. The average molecular weight is 369 g/mol. The predicted molar refractivity (Wildman–Crippen MR) is 90.0 cm³/mol. The Kier molecular flexibility index (Phi) is 4.05. The van der Waals surface area contributed by atoms with Gasteiger partial charge in [-0.3, -0.25) is 0 Å². The average Bonchev–Trinajstić information content (AvgIpc) is 3.19. The molecular formula is C16H18F3N5S. The fraction of sp³-hybridized carbons (Fsp3) is 0.562. The summed E-state index contributed by atoms with van der Waals surface area (Å²) < 4.78 is 43.1. The Balaban J connectivity index is 1.56. The van der Waals surface area contributed by atoms with Gasteiger partial charge in [0.25, 0.3) is 0 Å². The fourth-order valence-corrected chi connectivity index (χ4v) is 4.51. The molecule has 9 heteroatoms. The van der Waals surface area contributed by atoms with Crippen molar-refractivity contribution in [2.24, 2.45) is 5.92 Å². The minimum atomic E-state index is -4.42. The van der Waals surface area contributed by atoms with Gasteiger partial charge in [0.05, 0.1) is 6.04 Å². The van der Waals surface area contributed by atoms with Crippen LogP contribution >= 0.6 is 11.5 Å². The van der Waals surface area contributed by atoms with Crippen LogP contribution in [0.15, 0.2) is 18.2 Å². The first-order valence-electron chi connectivity index (χ1n) is 8.28. The van der Waals surface area contributed by atoms with Gasteiger partial charge in [-0.05, 0) is 37.8 Å². The number of anilines is 2. The zero-order valence-corrected chi connectivity index (χ0v) is 14.5. The summed E-state index contributed by atoms with van der Waals surface area (Å²) >= 11 is 1.39. The van der Waals surface area contributed by atoms with Crippen LogP contribution in [0, 0.1) is 12.8 Å². The van der Waals surface area contributed by atoms with E-state index in [1.807, 2.05) is 11.8 Å². The summed E-state index contributed by atoms with van der Waals surface area (Å²) in [5.74, 6) is 1.70. The highest BCUT2D eigenvalue weighted by Gasteiger charge is 2.40. The molecule has 5 nitrogen and oxygen atoms in total. The molecule has 134 valence electrons. The third-order valence-corrected chi connectivity index (χ3v) is 5.82. The van der Waals surface area contributed by atoms with Crippen LogP contribution in [0.1, 0.15) is 24.4 Å². The van der Waals surface area contributed by atoms with Crippen molar-refractivity contribution in [3.8, 4) is 0 Å². The second kappa shape index (κ2) is 6.12. The Morgan fingerprint density at radius 2 is 1.96 bits per heavy atom. The normalized spacial score (nSPS) is 23.8. The quantitative estimate of drug-likeness (QED) is 0.812. The molecule has 2 aliphatic heterocycles. The van der Waals surface area contributed by atoms with Crippen molar-refractivity contribution in [3.63, 3.8) is 0 Å². The van der Waals surface area contributed by atoms with Crippen LogP contribution in [0.25, 0.3) is 0 Å². The van der Waals surface area contributed by atoms with Crippen LogP contribution in [0.4, 0.5) is 24.1 Å². The van der Waals surface area contributed by atoms with Crippen molar-refractivity contribution in [1.82, 2.24) is 14.3 Å². The monoisotopic (exact) mass is 369 g/mol. The van der Waals surface area contributed by atoms with Gasteiger partial charge in [0.1, 0.15) is 17.3 Å². The molecule has 0 saturated carbocycles. The van der Waals surface area contributed by atoms with Gasteiger partial charge in [-0.1, -0.05) is 6.07 Å². The second-order valence-corrected chi connectivity index (χ2v) is 7.28. The number of fused-ring (bicyclic) bond motifs is 1. The molecule has 2 aliphatic rings. The molecule has 4 rings (SSSR count). The second-order valence-electron chi connectivity index (χ2n) is 6.55. The summed E-state index contributed by atoms with van der Waals surface area (Å²) in [6, 6.07) is 4.35. The topological polar surface area (TPSA) is 45.2 Å². The van der Waals surface area contributed by atoms with Gasteiger partial charge >= 0.3 is 6.18 Å². The molecule has 2 saturated heterocycles. The van der Waals surface area contributed by atoms with Gasteiger partial charge in [0, 0.05) is 31.2 Å². The molecule has 2 aromatic rings. The number of rotatable bonds is 2. The molecule has 0 aromatic carbocycles. The summed E-state index contributed by atoms with van der Waals surface area (Å²) in [4.78, 5) is 12.5. The molecule has 0 radical (unpaired) electrons. The molecule has 0 amide bonds. The lowest BCUT2D eigenvalue weighted by Gasteiger charge is -2.39.